The van der Waals surface area contributed by atoms with Crippen molar-refractivity contribution in [1.82, 2.24) is 20.0 Å². The molecule has 7 nitrogen and oxygen atoms in total. The number of alkyl halides is 2. The van der Waals surface area contributed by atoms with E-state index in [1.54, 1.807) is 0 Å². The van der Waals surface area contributed by atoms with Gasteiger partial charge in [-0.05, 0) is 25.0 Å². The van der Waals surface area contributed by atoms with Crippen molar-refractivity contribution in [3.63, 3.8) is 0 Å². The van der Waals surface area contributed by atoms with E-state index in [1.165, 1.54) is 18.3 Å². The van der Waals surface area contributed by atoms with Gasteiger partial charge in [0.1, 0.15) is 11.6 Å². The van der Waals surface area contributed by atoms with E-state index in [0.717, 1.165) is 17.7 Å². The topological polar surface area (TPSA) is 92.1 Å². The molecule has 0 unspecified atom stereocenters. The largest absolute Gasteiger partial charge is 0.337 e. The summed E-state index contributed by atoms with van der Waals surface area (Å²) in [5, 5.41) is 3.82. The number of nitrogens with one attached hydrogen (secondary N) is 1. The first-order valence-corrected chi connectivity index (χ1v) is 7.64. The minimum Gasteiger partial charge on any atom is -0.337 e. The van der Waals surface area contributed by atoms with Crippen molar-refractivity contribution < 1.29 is 18.1 Å². The number of hydrogen-bond donors (Lipinski definition) is 1. The molecule has 0 aromatic carbocycles. The molecular formula is C15H14F2N4O3. The number of nitrogens with zero attached hydrogens (tertiary/aromatic N) is 3. The third-order valence-electron chi connectivity index (χ3n) is 4.26. The van der Waals surface area contributed by atoms with E-state index in [1.807, 2.05) is 0 Å². The second kappa shape index (κ2) is 5.22. The molecular weight excluding hydrogens is 322 g/mol. The van der Waals surface area contributed by atoms with Crippen molar-refractivity contribution >= 4 is 5.91 Å². The average molecular weight is 336 g/mol. The Labute approximate surface area is 134 Å². The van der Waals surface area contributed by atoms with Crippen LogP contribution >= 0.6 is 0 Å². The first-order chi connectivity index (χ1) is 11.4. The summed E-state index contributed by atoms with van der Waals surface area (Å²) in [6.45, 7) is -0.786. The van der Waals surface area contributed by atoms with Gasteiger partial charge < -0.3 is 14.4 Å². The number of pyridine rings is 1. The molecule has 2 fully saturated rings. The van der Waals surface area contributed by atoms with Crippen LogP contribution in [0.3, 0.4) is 0 Å². The Morgan fingerprint density at radius 1 is 1.42 bits per heavy atom. The number of aromatic amines is 1. The van der Waals surface area contributed by atoms with Crippen LogP contribution < -0.4 is 5.56 Å². The standard InChI is InChI=1S/C15H14F2N4O3/c16-15(17)6-10(13-19-11(20-24-13)8-3-4-8)21(7-15)14(23)9-2-1-5-18-12(9)22/h1-2,5,8,10H,3-4,6-7H2,(H,18,22)/t10-/m0/s1. The average Bonchev–Trinajstić information content (AvgIpc) is 3.18. The number of likely N-dealkylation sites (tertiary alicyclic amines) is 1. The summed E-state index contributed by atoms with van der Waals surface area (Å²) in [5.74, 6) is -3.15. The molecule has 126 valence electrons. The van der Waals surface area contributed by atoms with Crippen LogP contribution in [0.2, 0.25) is 0 Å². The number of H-pyrrole nitrogens is 1. The molecule has 3 heterocycles. The summed E-state index contributed by atoms with van der Waals surface area (Å²) in [5.41, 5.74) is -0.817. The number of aromatic nitrogens is 3. The van der Waals surface area contributed by atoms with Gasteiger partial charge in [-0.1, -0.05) is 5.16 Å². The Kier molecular flexibility index (Phi) is 3.26. The predicted molar refractivity (Wildman–Crippen MR) is 76.7 cm³/mol. The molecule has 2 aromatic rings. The maximum atomic E-state index is 13.9. The predicted octanol–water partition coefficient (Wildman–Crippen LogP) is 1.86. The van der Waals surface area contributed by atoms with Gasteiger partial charge in [-0.3, -0.25) is 9.59 Å². The molecule has 1 saturated carbocycles. The molecule has 1 aliphatic heterocycles. The van der Waals surface area contributed by atoms with Crippen molar-refractivity contribution in [3.05, 3.63) is 46.0 Å². The zero-order chi connectivity index (χ0) is 16.9. The highest BCUT2D eigenvalue weighted by Crippen LogP contribution is 2.43. The Hall–Kier alpha value is -2.58. The van der Waals surface area contributed by atoms with Crippen LogP contribution in [0.5, 0.6) is 0 Å². The lowest BCUT2D eigenvalue weighted by atomic mass is 10.1. The highest BCUT2D eigenvalue weighted by molar-refractivity contribution is 5.94. The molecule has 9 heteroatoms. The van der Waals surface area contributed by atoms with Gasteiger partial charge in [-0.2, -0.15) is 4.98 Å². The summed E-state index contributed by atoms with van der Waals surface area (Å²) in [7, 11) is 0. The number of carbonyl (C=O) groups excluding carboxylic acids is 1. The number of hydrogen-bond acceptors (Lipinski definition) is 5. The van der Waals surface area contributed by atoms with Crippen molar-refractivity contribution in [2.24, 2.45) is 0 Å². The quantitative estimate of drug-likeness (QED) is 0.923. The fourth-order valence-electron chi connectivity index (χ4n) is 2.89. The molecule has 0 radical (unpaired) electrons. The van der Waals surface area contributed by atoms with E-state index >= 15 is 0 Å². The number of carbonyl (C=O) groups is 1. The van der Waals surface area contributed by atoms with E-state index in [4.69, 9.17) is 4.52 Å². The molecule has 2 aromatic heterocycles. The van der Waals surface area contributed by atoms with Crippen LogP contribution in [0.25, 0.3) is 0 Å². The second-order valence-corrected chi connectivity index (χ2v) is 6.19. The van der Waals surface area contributed by atoms with Gasteiger partial charge in [-0.15, -0.1) is 0 Å². The summed E-state index contributed by atoms with van der Waals surface area (Å²) in [6.07, 6.45) is 2.66. The molecule has 1 amide bonds. The van der Waals surface area contributed by atoms with Crippen LogP contribution in [0.4, 0.5) is 8.78 Å². The lowest BCUT2D eigenvalue weighted by molar-refractivity contribution is 0.0116. The van der Waals surface area contributed by atoms with Crippen molar-refractivity contribution in [2.45, 2.75) is 37.1 Å². The van der Waals surface area contributed by atoms with Crippen LogP contribution in [0, 0.1) is 0 Å². The minimum absolute atomic E-state index is 0.00483. The Morgan fingerprint density at radius 3 is 2.92 bits per heavy atom. The normalized spacial score (nSPS) is 22.8. The van der Waals surface area contributed by atoms with Crippen molar-refractivity contribution in [2.75, 3.05) is 6.54 Å². The summed E-state index contributed by atoms with van der Waals surface area (Å²) < 4.78 is 32.9. The Bertz CT molecular complexity index is 843. The van der Waals surface area contributed by atoms with Gasteiger partial charge >= 0.3 is 0 Å². The zero-order valence-corrected chi connectivity index (χ0v) is 12.5. The molecule has 1 saturated heterocycles. The van der Waals surface area contributed by atoms with E-state index in [-0.39, 0.29) is 17.4 Å². The second-order valence-electron chi connectivity index (χ2n) is 6.19. The summed E-state index contributed by atoms with van der Waals surface area (Å²) in [4.78, 5) is 31.8. The molecule has 0 bridgehead atoms. The fourth-order valence-corrected chi connectivity index (χ4v) is 2.89. The minimum atomic E-state index is -3.07. The zero-order valence-electron chi connectivity index (χ0n) is 12.5. The van der Waals surface area contributed by atoms with Gasteiger partial charge in [0.15, 0.2) is 5.82 Å². The van der Waals surface area contributed by atoms with E-state index in [9.17, 15) is 18.4 Å². The highest BCUT2D eigenvalue weighted by Gasteiger charge is 2.50. The van der Waals surface area contributed by atoms with Crippen molar-refractivity contribution in [3.8, 4) is 0 Å². The number of amides is 1. The van der Waals surface area contributed by atoms with Gasteiger partial charge in [0.05, 0.1) is 6.54 Å². The van der Waals surface area contributed by atoms with Gasteiger partial charge in [0.25, 0.3) is 17.4 Å². The molecule has 1 N–H and O–H groups in total. The summed E-state index contributed by atoms with van der Waals surface area (Å²) >= 11 is 0. The van der Waals surface area contributed by atoms with E-state index < -0.39 is 36.4 Å². The maximum absolute atomic E-state index is 13.9. The number of halogens is 2. The molecule has 1 aliphatic carbocycles. The number of rotatable bonds is 3. The molecule has 2 aliphatic rings. The van der Waals surface area contributed by atoms with Crippen LogP contribution in [0.15, 0.2) is 27.6 Å². The third-order valence-corrected chi connectivity index (χ3v) is 4.26. The van der Waals surface area contributed by atoms with E-state index in [2.05, 4.69) is 15.1 Å². The molecule has 24 heavy (non-hydrogen) atoms. The third kappa shape index (κ3) is 2.59. The van der Waals surface area contributed by atoms with Gasteiger partial charge in [0.2, 0.25) is 5.89 Å². The highest BCUT2D eigenvalue weighted by atomic mass is 19.3. The Morgan fingerprint density at radius 2 is 2.21 bits per heavy atom. The lowest BCUT2D eigenvalue weighted by Crippen LogP contribution is -2.36. The van der Waals surface area contributed by atoms with Crippen LogP contribution in [-0.2, 0) is 0 Å². The first kappa shape index (κ1) is 15.0. The molecule has 0 spiro atoms. The monoisotopic (exact) mass is 336 g/mol. The SMILES string of the molecule is O=C(c1ccc[nH]c1=O)N1CC(F)(F)C[C@H]1c1nc(C2CC2)no1. The van der Waals surface area contributed by atoms with Crippen molar-refractivity contribution in [1.29, 1.82) is 0 Å². The van der Waals surface area contributed by atoms with Crippen LogP contribution in [-0.4, -0.2) is 38.4 Å². The maximum Gasteiger partial charge on any atom is 0.267 e. The first-order valence-electron chi connectivity index (χ1n) is 7.64. The van der Waals surface area contributed by atoms with E-state index in [0.29, 0.717) is 5.82 Å². The smallest absolute Gasteiger partial charge is 0.267 e. The molecule has 4 rings (SSSR count). The summed E-state index contributed by atoms with van der Waals surface area (Å²) in [6, 6.07) is 1.74. The fraction of sp³-hybridized carbons (Fsp3) is 0.467. The Balaban J connectivity index is 1.67. The van der Waals surface area contributed by atoms with Gasteiger partial charge in [-0.25, -0.2) is 8.78 Å². The lowest BCUT2D eigenvalue weighted by Gasteiger charge is -2.20. The van der Waals surface area contributed by atoms with Crippen LogP contribution in [0.1, 0.15) is 53.3 Å². The van der Waals surface area contributed by atoms with Gasteiger partial charge in [0, 0.05) is 18.5 Å². The molecule has 1 atom stereocenters.